The third-order valence-corrected chi connectivity index (χ3v) is 2.59. The van der Waals surface area contributed by atoms with Crippen LogP contribution in [0.1, 0.15) is 10.5 Å². The number of pyridine rings is 1. The average Bonchev–Trinajstić information content (AvgIpc) is 2.79. The molecule has 0 radical (unpaired) electrons. The van der Waals surface area contributed by atoms with Gasteiger partial charge in [0.15, 0.2) is 11.3 Å². The number of hydrogen-bond donors (Lipinski definition) is 2. The van der Waals surface area contributed by atoms with Crippen LogP contribution in [0, 0.1) is 0 Å². The average molecular weight is 256 g/mol. The number of rotatable bonds is 2. The summed E-state index contributed by atoms with van der Waals surface area (Å²) in [5, 5.41) is 13.0. The van der Waals surface area contributed by atoms with Crippen LogP contribution < -0.4 is 5.73 Å². The Labute approximate surface area is 106 Å². The second kappa shape index (κ2) is 4.02. The van der Waals surface area contributed by atoms with Crippen molar-refractivity contribution in [3.05, 3.63) is 36.5 Å². The maximum Gasteiger partial charge on any atom is 0.354 e. The van der Waals surface area contributed by atoms with E-state index in [1.807, 2.05) is 0 Å². The molecule has 0 aliphatic rings. The molecule has 19 heavy (non-hydrogen) atoms. The van der Waals surface area contributed by atoms with E-state index in [1.54, 1.807) is 18.5 Å². The molecule has 3 rings (SSSR count). The van der Waals surface area contributed by atoms with Crippen LogP contribution in [0.3, 0.4) is 0 Å². The smallest absolute Gasteiger partial charge is 0.354 e. The van der Waals surface area contributed by atoms with E-state index in [-0.39, 0.29) is 11.6 Å². The number of carbonyl (C=O) groups is 1. The molecule has 0 saturated carbocycles. The Morgan fingerprint density at radius 2 is 2.00 bits per heavy atom. The van der Waals surface area contributed by atoms with Crippen molar-refractivity contribution in [1.29, 1.82) is 0 Å². The van der Waals surface area contributed by atoms with Gasteiger partial charge in [0.25, 0.3) is 0 Å². The maximum atomic E-state index is 11.1. The Morgan fingerprint density at radius 3 is 2.68 bits per heavy atom. The van der Waals surface area contributed by atoms with Gasteiger partial charge >= 0.3 is 5.97 Å². The standard InChI is InChI=1S/C11H8N6O2/c12-11-15-9-7(6-3-13-5-14-4-6)1-2-8(10(18)19)17(9)16-11/h1-5H,(H2,12,16)(H,18,19). The van der Waals surface area contributed by atoms with Crippen molar-refractivity contribution < 1.29 is 9.90 Å². The van der Waals surface area contributed by atoms with Crippen molar-refractivity contribution in [2.45, 2.75) is 0 Å². The molecule has 0 fully saturated rings. The van der Waals surface area contributed by atoms with Gasteiger partial charge in [-0.15, -0.1) is 5.10 Å². The number of carboxylic acids is 1. The Morgan fingerprint density at radius 1 is 1.26 bits per heavy atom. The molecule has 0 bridgehead atoms. The van der Waals surface area contributed by atoms with Gasteiger partial charge < -0.3 is 10.8 Å². The first-order valence-corrected chi connectivity index (χ1v) is 5.31. The summed E-state index contributed by atoms with van der Waals surface area (Å²) in [6.45, 7) is 0. The highest BCUT2D eigenvalue weighted by Crippen LogP contribution is 2.23. The first kappa shape index (κ1) is 11.1. The molecule has 0 unspecified atom stereocenters. The third-order valence-electron chi connectivity index (χ3n) is 2.59. The second-order valence-corrected chi connectivity index (χ2v) is 3.77. The number of nitrogens with zero attached hydrogens (tertiary/aromatic N) is 5. The fourth-order valence-corrected chi connectivity index (χ4v) is 1.80. The number of hydrogen-bond acceptors (Lipinski definition) is 6. The molecule has 0 spiro atoms. The molecule has 0 aliphatic heterocycles. The monoisotopic (exact) mass is 256 g/mol. The SMILES string of the molecule is Nc1nc2c(-c3cncnc3)ccc(C(=O)O)n2n1. The van der Waals surface area contributed by atoms with E-state index in [2.05, 4.69) is 20.1 Å². The van der Waals surface area contributed by atoms with Crippen molar-refractivity contribution in [2.75, 3.05) is 5.73 Å². The number of fused-ring (bicyclic) bond motifs is 1. The van der Waals surface area contributed by atoms with Gasteiger partial charge in [0.2, 0.25) is 5.95 Å². The molecule has 94 valence electrons. The van der Waals surface area contributed by atoms with Crippen LogP contribution in [-0.4, -0.2) is 35.6 Å². The summed E-state index contributed by atoms with van der Waals surface area (Å²) in [5.74, 6) is -1.10. The van der Waals surface area contributed by atoms with E-state index < -0.39 is 5.97 Å². The number of nitrogens with two attached hydrogens (primary N) is 1. The minimum Gasteiger partial charge on any atom is -0.477 e. The van der Waals surface area contributed by atoms with Gasteiger partial charge in [-0.2, -0.15) is 4.98 Å². The molecule has 0 saturated heterocycles. The first-order valence-electron chi connectivity index (χ1n) is 5.31. The van der Waals surface area contributed by atoms with E-state index in [4.69, 9.17) is 10.8 Å². The van der Waals surface area contributed by atoms with Crippen LogP contribution in [-0.2, 0) is 0 Å². The molecule has 3 heterocycles. The number of anilines is 1. The number of aromatic nitrogens is 5. The molecule has 0 amide bonds. The largest absolute Gasteiger partial charge is 0.477 e. The molecule has 0 aromatic carbocycles. The van der Waals surface area contributed by atoms with E-state index in [9.17, 15) is 4.79 Å². The van der Waals surface area contributed by atoms with Crippen molar-refractivity contribution in [2.24, 2.45) is 0 Å². The summed E-state index contributed by atoms with van der Waals surface area (Å²) in [4.78, 5) is 23.0. The van der Waals surface area contributed by atoms with Gasteiger partial charge in [-0.05, 0) is 12.1 Å². The van der Waals surface area contributed by atoms with Gasteiger partial charge in [0.1, 0.15) is 6.33 Å². The van der Waals surface area contributed by atoms with Crippen LogP contribution in [0.2, 0.25) is 0 Å². The van der Waals surface area contributed by atoms with Gasteiger partial charge in [0, 0.05) is 23.5 Å². The summed E-state index contributed by atoms with van der Waals surface area (Å²) in [7, 11) is 0. The highest BCUT2D eigenvalue weighted by Gasteiger charge is 2.15. The third kappa shape index (κ3) is 1.75. The van der Waals surface area contributed by atoms with Crippen molar-refractivity contribution in [3.63, 3.8) is 0 Å². The molecule has 3 N–H and O–H groups in total. The number of nitrogen functional groups attached to an aromatic ring is 1. The van der Waals surface area contributed by atoms with E-state index in [0.29, 0.717) is 16.8 Å². The number of carboxylic acid groups (broad SMARTS) is 1. The van der Waals surface area contributed by atoms with Gasteiger partial charge in [-0.25, -0.2) is 19.3 Å². The Hall–Kier alpha value is -3.03. The van der Waals surface area contributed by atoms with Gasteiger partial charge in [0.05, 0.1) is 0 Å². The molecular formula is C11H8N6O2. The maximum absolute atomic E-state index is 11.1. The molecule has 0 aliphatic carbocycles. The molecule has 3 aromatic rings. The highest BCUT2D eigenvalue weighted by atomic mass is 16.4. The molecule has 8 heteroatoms. The van der Waals surface area contributed by atoms with Crippen molar-refractivity contribution in [1.82, 2.24) is 24.6 Å². The van der Waals surface area contributed by atoms with Gasteiger partial charge in [-0.1, -0.05) is 0 Å². The summed E-state index contributed by atoms with van der Waals surface area (Å²) in [6.07, 6.45) is 4.62. The zero-order valence-corrected chi connectivity index (χ0v) is 9.56. The zero-order valence-electron chi connectivity index (χ0n) is 9.56. The predicted molar refractivity (Wildman–Crippen MR) is 65.4 cm³/mol. The van der Waals surface area contributed by atoms with E-state index in [0.717, 1.165) is 0 Å². The summed E-state index contributed by atoms with van der Waals surface area (Å²) < 4.78 is 1.19. The Balaban J connectivity index is 2.34. The summed E-state index contributed by atoms with van der Waals surface area (Å²) >= 11 is 0. The minimum atomic E-state index is -1.11. The molecule has 0 atom stereocenters. The van der Waals surface area contributed by atoms with E-state index in [1.165, 1.54) is 16.9 Å². The summed E-state index contributed by atoms with van der Waals surface area (Å²) in [5.41, 5.74) is 7.25. The predicted octanol–water partition coefficient (Wildman–Crippen LogP) is 0.467. The molecule has 3 aromatic heterocycles. The Bertz CT molecular complexity index is 767. The topological polar surface area (TPSA) is 119 Å². The van der Waals surface area contributed by atoms with Crippen LogP contribution in [0.25, 0.3) is 16.8 Å². The van der Waals surface area contributed by atoms with Crippen LogP contribution >= 0.6 is 0 Å². The second-order valence-electron chi connectivity index (χ2n) is 3.77. The lowest BCUT2D eigenvalue weighted by atomic mass is 10.1. The van der Waals surface area contributed by atoms with Crippen molar-refractivity contribution in [3.8, 4) is 11.1 Å². The fourth-order valence-electron chi connectivity index (χ4n) is 1.80. The zero-order chi connectivity index (χ0) is 13.4. The number of aromatic carboxylic acids is 1. The molecule has 8 nitrogen and oxygen atoms in total. The Kier molecular flexibility index (Phi) is 2.34. The molecular weight excluding hydrogens is 248 g/mol. The lowest BCUT2D eigenvalue weighted by Gasteiger charge is -2.04. The van der Waals surface area contributed by atoms with E-state index >= 15 is 0 Å². The van der Waals surface area contributed by atoms with Crippen LogP contribution in [0.5, 0.6) is 0 Å². The van der Waals surface area contributed by atoms with Crippen LogP contribution in [0.15, 0.2) is 30.9 Å². The van der Waals surface area contributed by atoms with Crippen LogP contribution in [0.4, 0.5) is 5.95 Å². The van der Waals surface area contributed by atoms with Crippen molar-refractivity contribution >= 4 is 17.6 Å². The lowest BCUT2D eigenvalue weighted by molar-refractivity contribution is 0.0687. The van der Waals surface area contributed by atoms with Gasteiger partial charge in [-0.3, -0.25) is 0 Å². The lowest BCUT2D eigenvalue weighted by Crippen LogP contribution is -2.07. The quantitative estimate of drug-likeness (QED) is 0.683. The minimum absolute atomic E-state index is 0.00630. The normalized spacial score (nSPS) is 10.7. The fraction of sp³-hybridized carbons (Fsp3) is 0. The first-order chi connectivity index (χ1) is 9.16. The summed E-state index contributed by atoms with van der Waals surface area (Å²) in [6, 6.07) is 3.07. The highest BCUT2D eigenvalue weighted by molar-refractivity contribution is 5.89.